The van der Waals surface area contributed by atoms with E-state index in [1.165, 1.54) is 21.9 Å². The molecule has 0 aliphatic carbocycles. The normalized spacial score (nSPS) is 14.8. The number of rotatable bonds is 5. The van der Waals surface area contributed by atoms with Gasteiger partial charge in [0.25, 0.3) is 0 Å². The first-order chi connectivity index (χ1) is 15.5. The number of fused-ring (bicyclic) bond motifs is 1. The van der Waals surface area contributed by atoms with Crippen LogP contribution in [0.4, 0.5) is 0 Å². The minimum Gasteiger partial charge on any atom is -0.473 e. The van der Waals surface area contributed by atoms with Crippen molar-refractivity contribution in [2.24, 2.45) is 0 Å². The molecule has 1 fully saturated rings. The Labute approximate surface area is 188 Å². The van der Waals surface area contributed by atoms with Crippen molar-refractivity contribution in [2.45, 2.75) is 6.54 Å². The molecular formula is C26H28N2O4. The van der Waals surface area contributed by atoms with Crippen LogP contribution >= 0.6 is 0 Å². The lowest BCUT2D eigenvalue weighted by Crippen LogP contribution is -2.45. The maximum absolute atomic E-state index is 9.10. The lowest BCUT2D eigenvalue weighted by molar-refractivity contribution is -0.159. The van der Waals surface area contributed by atoms with Crippen molar-refractivity contribution in [3.8, 4) is 0 Å². The first-order valence-electron chi connectivity index (χ1n) is 10.6. The monoisotopic (exact) mass is 432 g/mol. The zero-order valence-electron chi connectivity index (χ0n) is 17.9. The summed E-state index contributed by atoms with van der Waals surface area (Å²) >= 11 is 0. The third-order valence-corrected chi connectivity index (χ3v) is 5.40. The van der Waals surface area contributed by atoms with Gasteiger partial charge in [0.15, 0.2) is 0 Å². The van der Waals surface area contributed by atoms with E-state index in [0.29, 0.717) is 0 Å². The molecule has 1 heterocycles. The fourth-order valence-electron chi connectivity index (χ4n) is 3.70. The summed E-state index contributed by atoms with van der Waals surface area (Å²) in [7, 11) is 0. The van der Waals surface area contributed by atoms with E-state index in [9.17, 15) is 0 Å². The van der Waals surface area contributed by atoms with Crippen LogP contribution in [-0.4, -0.2) is 64.7 Å². The molecule has 0 radical (unpaired) electrons. The molecule has 2 N–H and O–H groups in total. The summed E-state index contributed by atoms with van der Waals surface area (Å²) in [5.74, 6) is -3.65. The Morgan fingerprint density at radius 2 is 1.34 bits per heavy atom. The van der Waals surface area contributed by atoms with Gasteiger partial charge in [0.05, 0.1) is 0 Å². The van der Waals surface area contributed by atoms with Crippen molar-refractivity contribution < 1.29 is 19.8 Å². The van der Waals surface area contributed by atoms with Crippen LogP contribution in [0.5, 0.6) is 0 Å². The Morgan fingerprint density at radius 1 is 0.750 bits per heavy atom. The van der Waals surface area contributed by atoms with Crippen LogP contribution < -0.4 is 0 Å². The highest BCUT2D eigenvalue weighted by atomic mass is 16.4. The van der Waals surface area contributed by atoms with Gasteiger partial charge in [-0.25, -0.2) is 9.59 Å². The number of carbonyl (C=O) groups is 2. The summed E-state index contributed by atoms with van der Waals surface area (Å²) in [6.45, 7) is 6.66. The Morgan fingerprint density at radius 3 is 2.03 bits per heavy atom. The van der Waals surface area contributed by atoms with E-state index in [0.717, 1.165) is 39.3 Å². The fraction of sp³-hybridized carbons (Fsp3) is 0.231. The van der Waals surface area contributed by atoms with E-state index in [1.807, 2.05) is 0 Å². The Kier molecular flexibility index (Phi) is 8.54. The molecule has 0 aromatic heterocycles. The predicted molar refractivity (Wildman–Crippen MR) is 126 cm³/mol. The number of piperazine rings is 1. The van der Waals surface area contributed by atoms with Gasteiger partial charge in [-0.2, -0.15) is 0 Å². The average Bonchev–Trinajstić information content (AvgIpc) is 2.81. The van der Waals surface area contributed by atoms with E-state index in [-0.39, 0.29) is 0 Å². The maximum atomic E-state index is 9.10. The van der Waals surface area contributed by atoms with E-state index in [1.54, 1.807) is 0 Å². The molecule has 3 aromatic rings. The van der Waals surface area contributed by atoms with Crippen molar-refractivity contribution in [1.82, 2.24) is 9.80 Å². The largest absolute Gasteiger partial charge is 0.473 e. The smallest absolute Gasteiger partial charge is 0.414 e. The standard InChI is InChI=1S/C24H26N2.C2H2O4/c1-2-8-21(9-3-1)10-7-15-25-16-18-26(19-17-25)20-23-13-6-12-22-11-4-5-14-24(22)23;3-1(4)2(5)6/h1-14H,15-20H2;(H,3,4)(H,5,6). The molecule has 6 heteroatoms. The number of hydrogen-bond donors (Lipinski definition) is 2. The fourth-order valence-corrected chi connectivity index (χ4v) is 3.70. The molecule has 1 aliphatic rings. The molecule has 0 atom stereocenters. The van der Waals surface area contributed by atoms with Gasteiger partial charge in [-0.15, -0.1) is 0 Å². The number of benzene rings is 3. The van der Waals surface area contributed by atoms with Gasteiger partial charge in [0.2, 0.25) is 0 Å². The molecule has 1 aliphatic heterocycles. The summed E-state index contributed by atoms with van der Waals surface area (Å²) in [5, 5.41) is 17.5. The molecular weight excluding hydrogens is 404 g/mol. The van der Waals surface area contributed by atoms with Crippen molar-refractivity contribution in [2.75, 3.05) is 32.7 Å². The molecule has 6 nitrogen and oxygen atoms in total. The number of aliphatic carboxylic acids is 2. The second-order valence-electron chi connectivity index (χ2n) is 7.64. The number of nitrogens with zero attached hydrogens (tertiary/aromatic N) is 2. The van der Waals surface area contributed by atoms with Gasteiger partial charge in [0, 0.05) is 39.3 Å². The first-order valence-corrected chi connectivity index (χ1v) is 10.6. The molecule has 0 amide bonds. The summed E-state index contributed by atoms with van der Waals surface area (Å²) < 4.78 is 0. The van der Waals surface area contributed by atoms with Crippen LogP contribution in [-0.2, 0) is 16.1 Å². The van der Waals surface area contributed by atoms with Crippen molar-refractivity contribution in [1.29, 1.82) is 0 Å². The highest BCUT2D eigenvalue weighted by Gasteiger charge is 2.16. The van der Waals surface area contributed by atoms with Crippen LogP contribution in [0, 0.1) is 0 Å². The lowest BCUT2D eigenvalue weighted by Gasteiger charge is -2.34. The molecule has 1 saturated heterocycles. The van der Waals surface area contributed by atoms with Gasteiger partial charge in [-0.3, -0.25) is 9.80 Å². The Hall–Kier alpha value is -3.48. The lowest BCUT2D eigenvalue weighted by atomic mass is 10.0. The second-order valence-corrected chi connectivity index (χ2v) is 7.64. The van der Waals surface area contributed by atoms with E-state index < -0.39 is 11.9 Å². The van der Waals surface area contributed by atoms with Crippen LogP contribution in [0.3, 0.4) is 0 Å². The van der Waals surface area contributed by atoms with E-state index in [4.69, 9.17) is 19.8 Å². The van der Waals surface area contributed by atoms with Crippen molar-refractivity contribution in [3.05, 3.63) is 90.0 Å². The number of hydrogen-bond acceptors (Lipinski definition) is 4. The van der Waals surface area contributed by atoms with Gasteiger partial charge in [-0.1, -0.05) is 84.9 Å². The second kappa shape index (κ2) is 11.8. The molecule has 3 aromatic carbocycles. The summed E-state index contributed by atoms with van der Waals surface area (Å²) in [5.41, 5.74) is 2.72. The molecule has 0 unspecified atom stereocenters. The van der Waals surface area contributed by atoms with Gasteiger partial charge < -0.3 is 10.2 Å². The quantitative estimate of drug-likeness (QED) is 0.597. The van der Waals surface area contributed by atoms with Gasteiger partial charge in [0.1, 0.15) is 0 Å². The number of carboxylic acid groups (broad SMARTS) is 2. The maximum Gasteiger partial charge on any atom is 0.414 e. The van der Waals surface area contributed by atoms with Crippen LogP contribution in [0.25, 0.3) is 16.8 Å². The van der Waals surface area contributed by atoms with E-state index in [2.05, 4.69) is 94.7 Å². The topological polar surface area (TPSA) is 81.1 Å². The van der Waals surface area contributed by atoms with Crippen molar-refractivity contribution >= 4 is 28.8 Å². The van der Waals surface area contributed by atoms with Gasteiger partial charge >= 0.3 is 11.9 Å². The zero-order chi connectivity index (χ0) is 22.8. The summed E-state index contributed by atoms with van der Waals surface area (Å²) in [4.78, 5) is 23.3. The Balaban J connectivity index is 0.000000427. The summed E-state index contributed by atoms with van der Waals surface area (Å²) in [6, 6.07) is 25.9. The highest BCUT2D eigenvalue weighted by molar-refractivity contribution is 6.27. The SMILES string of the molecule is C(=Cc1ccccc1)CN1CCN(Cc2cccc3ccccc23)CC1.O=C(O)C(=O)O. The Bertz CT molecular complexity index is 1040. The molecule has 0 saturated carbocycles. The minimum atomic E-state index is -1.82. The van der Waals surface area contributed by atoms with E-state index >= 15 is 0 Å². The van der Waals surface area contributed by atoms with Gasteiger partial charge in [-0.05, 0) is 21.9 Å². The third-order valence-electron chi connectivity index (χ3n) is 5.40. The minimum absolute atomic E-state index is 1.04. The number of carboxylic acids is 2. The molecule has 0 spiro atoms. The summed E-state index contributed by atoms with van der Waals surface area (Å²) in [6.07, 6.45) is 4.51. The molecule has 32 heavy (non-hydrogen) atoms. The molecule has 4 rings (SSSR count). The average molecular weight is 433 g/mol. The highest BCUT2D eigenvalue weighted by Crippen LogP contribution is 2.20. The van der Waals surface area contributed by atoms with Crippen molar-refractivity contribution in [3.63, 3.8) is 0 Å². The molecule has 0 bridgehead atoms. The first kappa shape index (κ1) is 23.2. The molecule has 166 valence electrons. The predicted octanol–water partition coefficient (Wildman–Crippen LogP) is 3.83. The van der Waals surface area contributed by atoms with Crippen LogP contribution in [0.15, 0.2) is 78.9 Å². The van der Waals surface area contributed by atoms with Crippen LogP contribution in [0.2, 0.25) is 0 Å². The third kappa shape index (κ3) is 7.04. The zero-order valence-corrected chi connectivity index (χ0v) is 17.9. The van der Waals surface area contributed by atoms with Crippen LogP contribution in [0.1, 0.15) is 11.1 Å².